The van der Waals surface area contributed by atoms with Crippen molar-refractivity contribution in [2.24, 2.45) is 5.41 Å². The van der Waals surface area contributed by atoms with Crippen LogP contribution >= 0.6 is 0 Å². The van der Waals surface area contributed by atoms with Crippen molar-refractivity contribution in [1.29, 1.82) is 0 Å². The van der Waals surface area contributed by atoms with E-state index in [4.69, 9.17) is 4.74 Å². The zero-order chi connectivity index (χ0) is 12.9. The SMILES string of the molecule is CNC1CCCN(CC(C)(C)CCOC)C1=O. The summed E-state index contributed by atoms with van der Waals surface area (Å²) >= 11 is 0. The summed E-state index contributed by atoms with van der Waals surface area (Å²) < 4.78 is 5.12. The second-order valence-electron chi connectivity index (χ2n) is 5.65. The average Bonchev–Trinajstić information content (AvgIpc) is 2.29. The van der Waals surface area contributed by atoms with Crippen LogP contribution in [0.2, 0.25) is 0 Å². The van der Waals surface area contributed by atoms with E-state index in [-0.39, 0.29) is 17.4 Å². The first-order valence-corrected chi connectivity index (χ1v) is 6.45. The van der Waals surface area contributed by atoms with Crippen LogP contribution in [0.15, 0.2) is 0 Å². The van der Waals surface area contributed by atoms with Gasteiger partial charge in [0.2, 0.25) is 5.91 Å². The summed E-state index contributed by atoms with van der Waals surface area (Å²) in [5.74, 6) is 0.254. The summed E-state index contributed by atoms with van der Waals surface area (Å²) in [6, 6.07) is 0.0157. The fourth-order valence-electron chi connectivity index (χ4n) is 2.34. The summed E-state index contributed by atoms with van der Waals surface area (Å²) in [5.41, 5.74) is 0.126. The minimum atomic E-state index is 0.0157. The zero-order valence-electron chi connectivity index (χ0n) is 11.6. The zero-order valence-corrected chi connectivity index (χ0v) is 11.6. The second-order valence-corrected chi connectivity index (χ2v) is 5.65. The molecular formula is C13H26N2O2. The monoisotopic (exact) mass is 242 g/mol. The van der Waals surface area contributed by atoms with Crippen molar-refractivity contribution in [2.45, 2.75) is 39.2 Å². The van der Waals surface area contributed by atoms with Crippen molar-refractivity contribution in [3.05, 3.63) is 0 Å². The van der Waals surface area contributed by atoms with Gasteiger partial charge in [-0.2, -0.15) is 0 Å². The van der Waals surface area contributed by atoms with Gasteiger partial charge in [-0.1, -0.05) is 13.8 Å². The molecule has 0 aromatic carbocycles. The molecule has 0 aromatic rings. The molecule has 0 radical (unpaired) electrons. The number of hydrogen-bond acceptors (Lipinski definition) is 3. The van der Waals surface area contributed by atoms with Crippen LogP contribution in [0.1, 0.15) is 33.1 Å². The Balaban J connectivity index is 2.51. The Kier molecular flexibility index (Phi) is 5.40. The fraction of sp³-hybridized carbons (Fsp3) is 0.923. The number of methoxy groups -OCH3 is 1. The van der Waals surface area contributed by atoms with E-state index >= 15 is 0 Å². The number of nitrogens with one attached hydrogen (secondary N) is 1. The minimum absolute atomic E-state index is 0.0157. The third-order valence-corrected chi connectivity index (χ3v) is 3.48. The van der Waals surface area contributed by atoms with E-state index in [0.29, 0.717) is 0 Å². The molecule has 0 saturated carbocycles. The summed E-state index contributed by atoms with van der Waals surface area (Å²) in [7, 11) is 3.58. The van der Waals surface area contributed by atoms with E-state index in [2.05, 4.69) is 19.2 Å². The molecule has 1 heterocycles. The summed E-state index contributed by atoms with van der Waals surface area (Å²) in [6.07, 6.45) is 3.04. The van der Waals surface area contributed by atoms with Gasteiger partial charge in [-0.05, 0) is 31.7 Å². The van der Waals surface area contributed by atoms with Crippen LogP contribution in [0.5, 0.6) is 0 Å². The first kappa shape index (κ1) is 14.5. The maximum atomic E-state index is 12.1. The molecule has 1 fully saturated rings. The molecule has 0 aromatic heterocycles. The largest absolute Gasteiger partial charge is 0.385 e. The van der Waals surface area contributed by atoms with E-state index in [1.54, 1.807) is 7.11 Å². The highest BCUT2D eigenvalue weighted by atomic mass is 16.5. The third kappa shape index (κ3) is 4.28. The highest BCUT2D eigenvalue weighted by molar-refractivity contribution is 5.82. The van der Waals surface area contributed by atoms with Crippen molar-refractivity contribution in [2.75, 3.05) is 33.9 Å². The number of ether oxygens (including phenoxy) is 1. The highest BCUT2D eigenvalue weighted by Gasteiger charge is 2.31. The van der Waals surface area contributed by atoms with Crippen molar-refractivity contribution in [1.82, 2.24) is 10.2 Å². The van der Waals surface area contributed by atoms with Crippen molar-refractivity contribution in [3.63, 3.8) is 0 Å². The molecule has 1 unspecified atom stereocenters. The molecule has 1 rings (SSSR count). The normalized spacial score (nSPS) is 22.0. The van der Waals surface area contributed by atoms with E-state index in [0.717, 1.165) is 39.0 Å². The van der Waals surface area contributed by atoms with Gasteiger partial charge in [-0.3, -0.25) is 4.79 Å². The summed E-state index contributed by atoms with van der Waals surface area (Å²) in [4.78, 5) is 14.1. The van der Waals surface area contributed by atoms with E-state index < -0.39 is 0 Å². The third-order valence-electron chi connectivity index (χ3n) is 3.48. The van der Waals surface area contributed by atoms with Crippen LogP contribution < -0.4 is 5.32 Å². The predicted molar refractivity (Wildman–Crippen MR) is 68.9 cm³/mol. The topological polar surface area (TPSA) is 41.6 Å². The molecule has 4 heteroatoms. The highest BCUT2D eigenvalue weighted by Crippen LogP contribution is 2.24. The number of hydrogen-bond donors (Lipinski definition) is 1. The Morgan fingerprint density at radius 2 is 2.24 bits per heavy atom. The van der Waals surface area contributed by atoms with Gasteiger partial charge >= 0.3 is 0 Å². The molecule has 1 aliphatic heterocycles. The number of nitrogens with zero attached hydrogens (tertiary/aromatic N) is 1. The number of piperidine rings is 1. The average molecular weight is 242 g/mol. The van der Waals surface area contributed by atoms with Crippen LogP contribution in [-0.2, 0) is 9.53 Å². The lowest BCUT2D eigenvalue weighted by molar-refractivity contribution is -0.137. The van der Waals surface area contributed by atoms with Crippen molar-refractivity contribution < 1.29 is 9.53 Å². The van der Waals surface area contributed by atoms with Gasteiger partial charge in [0, 0.05) is 26.8 Å². The van der Waals surface area contributed by atoms with Crippen molar-refractivity contribution >= 4 is 5.91 Å². The van der Waals surface area contributed by atoms with Gasteiger partial charge in [-0.25, -0.2) is 0 Å². The Hall–Kier alpha value is -0.610. The molecule has 1 atom stereocenters. The minimum Gasteiger partial charge on any atom is -0.385 e. The maximum absolute atomic E-state index is 12.1. The molecule has 100 valence electrons. The summed E-state index contributed by atoms with van der Waals surface area (Å²) in [5, 5.41) is 3.10. The van der Waals surface area contributed by atoms with Crippen LogP contribution in [0.3, 0.4) is 0 Å². The molecule has 1 amide bonds. The van der Waals surface area contributed by atoms with Gasteiger partial charge < -0.3 is 15.0 Å². The molecule has 0 bridgehead atoms. The van der Waals surface area contributed by atoms with Crippen LogP contribution in [0, 0.1) is 5.41 Å². The smallest absolute Gasteiger partial charge is 0.239 e. The van der Waals surface area contributed by atoms with Gasteiger partial charge in [0.25, 0.3) is 0 Å². The first-order valence-electron chi connectivity index (χ1n) is 6.45. The lowest BCUT2D eigenvalue weighted by atomic mass is 9.88. The number of likely N-dealkylation sites (tertiary alicyclic amines) is 1. The molecule has 0 spiro atoms. The van der Waals surface area contributed by atoms with E-state index in [9.17, 15) is 4.79 Å². The van der Waals surface area contributed by atoms with Crippen LogP contribution in [0.4, 0.5) is 0 Å². The molecular weight excluding hydrogens is 216 g/mol. The molecule has 4 nitrogen and oxygen atoms in total. The number of amides is 1. The quantitative estimate of drug-likeness (QED) is 0.762. The number of carbonyl (C=O) groups is 1. The van der Waals surface area contributed by atoms with E-state index in [1.807, 2.05) is 11.9 Å². The Morgan fingerprint density at radius 1 is 1.53 bits per heavy atom. The van der Waals surface area contributed by atoms with Gasteiger partial charge in [0.15, 0.2) is 0 Å². The van der Waals surface area contributed by atoms with Crippen LogP contribution in [-0.4, -0.2) is 50.7 Å². The molecule has 1 aliphatic rings. The number of likely N-dealkylation sites (N-methyl/N-ethyl adjacent to an activating group) is 1. The predicted octanol–water partition coefficient (Wildman–Crippen LogP) is 1.26. The number of rotatable bonds is 6. The molecule has 1 saturated heterocycles. The Bertz CT molecular complexity index is 254. The Labute approximate surface area is 105 Å². The molecule has 0 aliphatic carbocycles. The van der Waals surface area contributed by atoms with Crippen LogP contribution in [0.25, 0.3) is 0 Å². The lowest BCUT2D eigenvalue weighted by Crippen LogP contribution is -2.52. The van der Waals surface area contributed by atoms with E-state index in [1.165, 1.54) is 0 Å². The second kappa shape index (κ2) is 6.36. The fourth-order valence-corrected chi connectivity index (χ4v) is 2.34. The summed E-state index contributed by atoms with van der Waals surface area (Å²) in [6.45, 7) is 6.87. The molecule has 1 N–H and O–H groups in total. The lowest BCUT2D eigenvalue weighted by Gasteiger charge is -2.37. The number of carbonyl (C=O) groups excluding carboxylic acids is 1. The standard InChI is InChI=1S/C13H26N2O2/c1-13(2,7-9-17-4)10-15-8-5-6-11(14-3)12(15)16/h11,14H,5-10H2,1-4H3. The van der Waals surface area contributed by atoms with Gasteiger partial charge in [-0.15, -0.1) is 0 Å². The first-order chi connectivity index (χ1) is 8.00. The van der Waals surface area contributed by atoms with Crippen molar-refractivity contribution in [3.8, 4) is 0 Å². The Morgan fingerprint density at radius 3 is 2.82 bits per heavy atom. The van der Waals surface area contributed by atoms with Gasteiger partial charge in [0.1, 0.15) is 0 Å². The van der Waals surface area contributed by atoms with Gasteiger partial charge in [0.05, 0.1) is 6.04 Å². The maximum Gasteiger partial charge on any atom is 0.239 e. The molecule has 17 heavy (non-hydrogen) atoms.